The first-order valence-electron chi connectivity index (χ1n) is 10.7. The van der Waals surface area contributed by atoms with Crippen molar-refractivity contribution in [1.82, 2.24) is 14.9 Å². The molecule has 10 heteroatoms. The van der Waals surface area contributed by atoms with Gasteiger partial charge in [-0.05, 0) is 48.7 Å². The van der Waals surface area contributed by atoms with Crippen LogP contribution < -0.4 is 10.0 Å². The molecule has 1 atom stereocenters. The predicted octanol–water partition coefficient (Wildman–Crippen LogP) is 2.10. The van der Waals surface area contributed by atoms with Crippen LogP contribution in [0.25, 0.3) is 0 Å². The summed E-state index contributed by atoms with van der Waals surface area (Å²) in [4.78, 5) is 27.2. The highest BCUT2D eigenvalue weighted by atomic mass is 35.5. The van der Waals surface area contributed by atoms with Gasteiger partial charge in [-0.3, -0.25) is 9.59 Å². The monoisotopic (exact) mass is 495 g/mol. The van der Waals surface area contributed by atoms with Gasteiger partial charge in [0.05, 0.1) is 11.5 Å². The molecule has 0 aliphatic carbocycles. The molecular weight excluding hydrogens is 466 g/mol. The molecular formula is C23H30ClN3O5S. The lowest BCUT2D eigenvalue weighted by Gasteiger charge is -2.29. The van der Waals surface area contributed by atoms with Crippen LogP contribution in [0, 0.1) is 0 Å². The molecule has 2 amide bonds. The number of benzene rings is 2. The van der Waals surface area contributed by atoms with E-state index in [0.717, 1.165) is 11.1 Å². The predicted molar refractivity (Wildman–Crippen MR) is 127 cm³/mol. The quantitative estimate of drug-likeness (QED) is 0.417. The Labute approximate surface area is 200 Å². The molecule has 0 saturated carbocycles. The Morgan fingerprint density at radius 3 is 2.24 bits per heavy atom. The molecule has 0 spiro atoms. The number of hydrogen-bond acceptors (Lipinski definition) is 5. The maximum Gasteiger partial charge on any atom is 0.242 e. The van der Waals surface area contributed by atoms with Crippen molar-refractivity contribution in [2.45, 2.75) is 44.2 Å². The van der Waals surface area contributed by atoms with E-state index in [0.29, 0.717) is 18.0 Å². The molecule has 2 aromatic carbocycles. The van der Waals surface area contributed by atoms with Crippen LogP contribution in [-0.2, 0) is 32.6 Å². The van der Waals surface area contributed by atoms with Gasteiger partial charge in [0.25, 0.3) is 0 Å². The Kier molecular flexibility index (Phi) is 10.3. The summed E-state index contributed by atoms with van der Waals surface area (Å²) in [5, 5.41) is 12.1. The average Bonchev–Trinajstić information content (AvgIpc) is 2.80. The highest BCUT2D eigenvalue weighted by Gasteiger charge is 2.25. The second kappa shape index (κ2) is 12.7. The molecule has 2 rings (SSSR count). The van der Waals surface area contributed by atoms with Gasteiger partial charge in [-0.2, -0.15) is 0 Å². The van der Waals surface area contributed by atoms with Gasteiger partial charge in [-0.15, -0.1) is 0 Å². The third-order valence-corrected chi connectivity index (χ3v) is 6.85. The zero-order valence-corrected chi connectivity index (χ0v) is 20.3. The first-order chi connectivity index (χ1) is 15.7. The number of nitrogens with zero attached hydrogens (tertiary/aromatic N) is 1. The van der Waals surface area contributed by atoms with Crippen molar-refractivity contribution in [3.05, 3.63) is 64.7 Å². The van der Waals surface area contributed by atoms with Crippen LogP contribution in [0.15, 0.2) is 53.4 Å². The molecule has 33 heavy (non-hydrogen) atoms. The Morgan fingerprint density at radius 2 is 1.67 bits per heavy atom. The standard InChI is InChI=1S/C23H30ClN3O5S/c1-3-26-33(31,32)21-11-6-18(7-12-21)8-13-22(29)27(17(2)23(30)25-14-15-28)16-19-4-9-20(24)10-5-19/h4-7,9-12,17,26,28H,3,8,13-16H2,1-2H3,(H,25,30)/t17-/m1/s1. The second-order valence-electron chi connectivity index (χ2n) is 7.48. The lowest BCUT2D eigenvalue weighted by molar-refractivity contribution is -0.140. The number of aliphatic hydroxyl groups is 1. The fourth-order valence-electron chi connectivity index (χ4n) is 3.20. The van der Waals surface area contributed by atoms with Gasteiger partial charge in [0.2, 0.25) is 21.8 Å². The Morgan fingerprint density at radius 1 is 1.06 bits per heavy atom. The summed E-state index contributed by atoms with van der Waals surface area (Å²) in [5.74, 6) is -0.578. The molecule has 0 unspecified atom stereocenters. The summed E-state index contributed by atoms with van der Waals surface area (Å²) in [5.41, 5.74) is 1.63. The normalized spacial score (nSPS) is 12.2. The van der Waals surface area contributed by atoms with Crippen molar-refractivity contribution in [2.24, 2.45) is 0 Å². The smallest absolute Gasteiger partial charge is 0.242 e. The average molecular weight is 496 g/mol. The van der Waals surface area contributed by atoms with Gasteiger partial charge >= 0.3 is 0 Å². The lowest BCUT2D eigenvalue weighted by Crippen LogP contribution is -2.48. The number of halogens is 1. The first-order valence-corrected chi connectivity index (χ1v) is 12.5. The molecule has 0 aliphatic rings. The van der Waals surface area contributed by atoms with E-state index in [4.69, 9.17) is 16.7 Å². The summed E-state index contributed by atoms with van der Waals surface area (Å²) in [6.07, 6.45) is 0.535. The van der Waals surface area contributed by atoms with E-state index in [1.165, 1.54) is 17.0 Å². The molecule has 0 fully saturated rings. The van der Waals surface area contributed by atoms with Crippen LogP contribution in [0.2, 0.25) is 5.02 Å². The molecule has 0 radical (unpaired) electrons. The number of amides is 2. The van der Waals surface area contributed by atoms with E-state index >= 15 is 0 Å². The van der Waals surface area contributed by atoms with Gasteiger partial charge in [0, 0.05) is 31.1 Å². The van der Waals surface area contributed by atoms with Crippen LogP contribution >= 0.6 is 11.6 Å². The highest BCUT2D eigenvalue weighted by molar-refractivity contribution is 7.89. The number of sulfonamides is 1. The maximum atomic E-state index is 13.1. The number of rotatable bonds is 12. The number of hydrogen-bond donors (Lipinski definition) is 3. The Hall–Kier alpha value is -2.46. The van der Waals surface area contributed by atoms with Gasteiger partial charge in [0.15, 0.2) is 0 Å². The molecule has 0 aromatic heterocycles. The third-order valence-electron chi connectivity index (χ3n) is 5.04. The zero-order valence-electron chi connectivity index (χ0n) is 18.8. The van der Waals surface area contributed by atoms with Gasteiger partial charge < -0.3 is 15.3 Å². The second-order valence-corrected chi connectivity index (χ2v) is 9.69. The fraction of sp³-hybridized carbons (Fsp3) is 0.391. The highest BCUT2D eigenvalue weighted by Crippen LogP contribution is 2.16. The van der Waals surface area contributed by atoms with Crippen molar-refractivity contribution in [1.29, 1.82) is 0 Å². The first kappa shape index (κ1) is 26.8. The van der Waals surface area contributed by atoms with Gasteiger partial charge in [-0.25, -0.2) is 13.1 Å². The van der Waals surface area contributed by atoms with Crippen molar-refractivity contribution in [3.8, 4) is 0 Å². The number of carbonyl (C=O) groups excluding carboxylic acids is 2. The molecule has 0 aliphatic heterocycles. The van der Waals surface area contributed by atoms with Crippen molar-refractivity contribution < 1.29 is 23.1 Å². The summed E-state index contributed by atoms with van der Waals surface area (Å²) in [7, 11) is -3.53. The van der Waals surface area contributed by atoms with Crippen molar-refractivity contribution in [2.75, 3.05) is 19.7 Å². The van der Waals surface area contributed by atoms with Gasteiger partial charge in [0.1, 0.15) is 6.04 Å². The summed E-state index contributed by atoms with van der Waals surface area (Å²) >= 11 is 5.95. The van der Waals surface area contributed by atoms with Crippen LogP contribution in [0.5, 0.6) is 0 Å². The summed E-state index contributed by atoms with van der Waals surface area (Å²) in [6, 6.07) is 12.7. The van der Waals surface area contributed by atoms with Crippen molar-refractivity contribution in [3.63, 3.8) is 0 Å². The Balaban J connectivity index is 2.11. The van der Waals surface area contributed by atoms with E-state index in [1.54, 1.807) is 50.2 Å². The number of nitrogens with one attached hydrogen (secondary N) is 2. The van der Waals surface area contributed by atoms with Crippen molar-refractivity contribution >= 4 is 33.4 Å². The molecule has 2 aromatic rings. The largest absolute Gasteiger partial charge is 0.395 e. The van der Waals surface area contributed by atoms with E-state index in [9.17, 15) is 18.0 Å². The summed E-state index contributed by atoms with van der Waals surface area (Å²) in [6.45, 7) is 3.78. The lowest BCUT2D eigenvalue weighted by atomic mass is 10.1. The number of carbonyl (C=O) groups is 2. The topological polar surface area (TPSA) is 116 Å². The SMILES string of the molecule is CCNS(=O)(=O)c1ccc(CCC(=O)N(Cc2ccc(Cl)cc2)[C@H](C)C(=O)NCCO)cc1. The molecule has 180 valence electrons. The molecule has 0 bridgehead atoms. The third kappa shape index (κ3) is 8.12. The molecule has 3 N–H and O–H groups in total. The van der Waals surface area contributed by atoms with Crippen LogP contribution in [0.4, 0.5) is 0 Å². The minimum atomic E-state index is -3.53. The molecule has 0 heterocycles. The van der Waals surface area contributed by atoms with Crippen LogP contribution in [0.3, 0.4) is 0 Å². The minimum absolute atomic E-state index is 0.105. The number of aryl methyl sites for hydroxylation is 1. The van der Waals surface area contributed by atoms with Gasteiger partial charge in [-0.1, -0.05) is 42.8 Å². The van der Waals surface area contributed by atoms with E-state index in [2.05, 4.69) is 10.0 Å². The summed E-state index contributed by atoms with van der Waals surface area (Å²) < 4.78 is 26.6. The van der Waals surface area contributed by atoms with E-state index in [-0.39, 0.29) is 42.8 Å². The minimum Gasteiger partial charge on any atom is -0.395 e. The molecule has 8 nitrogen and oxygen atoms in total. The Bertz CT molecular complexity index is 1030. The number of aliphatic hydroxyl groups excluding tert-OH is 1. The van der Waals surface area contributed by atoms with E-state index in [1.807, 2.05) is 0 Å². The maximum absolute atomic E-state index is 13.1. The van der Waals surface area contributed by atoms with Crippen LogP contribution in [0.1, 0.15) is 31.4 Å². The zero-order chi connectivity index (χ0) is 24.4. The molecule has 0 saturated heterocycles. The van der Waals surface area contributed by atoms with E-state index < -0.39 is 16.1 Å². The van der Waals surface area contributed by atoms with Crippen LogP contribution in [-0.4, -0.2) is 56.0 Å². The fourth-order valence-corrected chi connectivity index (χ4v) is 4.37.